The summed E-state index contributed by atoms with van der Waals surface area (Å²) in [6.07, 6.45) is 0. The second kappa shape index (κ2) is 7.76. The van der Waals surface area contributed by atoms with Gasteiger partial charge < -0.3 is 19.7 Å². The maximum Gasteiger partial charge on any atom is 0.267 e. The molecular weight excluding hydrogens is 384 g/mol. The quantitative estimate of drug-likeness (QED) is 0.690. The topological polar surface area (TPSA) is 50.8 Å². The second-order valence-corrected chi connectivity index (χ2v) is 7.61. The van der Waals surface area contributed by atoms with Crippen LogP contribution in [-0.4, -0.2) is 39.3 Å². The lowest BCUT2D eigenvalue weighted by Crippen LogP contribution is -2.36. The van der Waals surface area contributed by atoms with Crippen LogP contribution in [0.2, 0.25) is 5.02 Å². The average molecular weight is 403 g/mol. The van der Waals surface area contributed by atoms with E-state index < -0.39 is 0 Å². The summed E-state index contributed by atoms with van der Waals surface area (Å²) < 4.78 is 11.8. The van der Waals surface area contributed by atoms with E-state index in [-0.39, 0.29) is 5.91 Å². The zero-order valence-electron chi connectivity index (χ0n) is 14.8. The van der Waals surface area contributed by atoms with Gasteiger partial charge in [0.25, 0.3) is 5.91 Å². The molecule has 0 atom stereocenters. The van der Waals surface area contributed by atoms with Gasteiger partial charge in [-0.1, -0.05) is 29.8 Å². The zero-order valence-corrected chi connectivity index (χ0v) is 16.4. The van der Waals surface area contributed by atoms with Crippen molar-refractivity contribution in [3.63, 3.8) is 0 Å². The SMILES string of the molecule is COc1ccc(N2CCOCC2)c(NC(=O)c2sc3ccccc3c2Cl)c1. The van der Waals surface area contributed by atoms with Gasteiger partial charge in [-0.15, -0.1) is 11.3 Å². The fraction of sp³-hybridized carbons (Fsp3) is 0.250. The maximum absolute atomic E-state index is 13.0. The van der Waals surface area contributed by atoms with E-state index in [0.717, 1.165) is 28.9 Å². The third kappa shape index (κ3) is 3.60. The van der Waals surface area contributed by atoms with Crippen LogP contribution >= 0.6 is 22.9 Å². The number of thiophene rings is 1. The number of hydrogen-bond acceptors (Lipinski definition) is 5. The van der Waals surface area contributed by atoms with Crippen LogP contribution in [-0.2, 0) is 4.74 Å². The van der Waals surface area contributed by atoms with Gasteiger partial charge in [0.05, 0.1) is 36.7 Å². The van der Waals surface area contributed by atoms with Crippen molar-refractivity contribution in [2.45, 2.75) is 0 Å². The largest absolute Gasteiger partial charge is 0.497 e. The van der Waals surface area contributed by atoms with E-state index in [1.54, 1.807) is 7.11 Å². The van der Waals surface area contributed by atoms with Crippen molar-refractivity contribution in [3.05, 3.63) is 52.4 Å². The molecule has 1 aliphatic heterocycles. The number of carbonyl (C=O) groups is 1. The van der Waals surface area contributed by atoms with Crippen LogP contribution in [0.3, 0.4) is 0 Å². The third-order valence-corrected chi connectivity index (χ3v) is 6.22. The Balaban J connectivity index is 1.67. The second-order valence-electron chi connectivity index (χ2n) is 6.18. The molecule has 0 bridgehead atoms. The van der Waals surface area contributed by atoms with E-state index in [1.165, 1.54) is 11.3 Å². The summed E-state index contributed by atoms with van der Waals surface area (Å²) in [6.45, 7) is 2.89. The third-order valence-electron chi connectivity index (χ3n) is 4.54. The van der Waals surface area contributed by atoms with Gasteiger partial charge >= 0.3 is 0 Å². The molecule has 5 nitrogen and oxygen atoms in total. The number of methoxy groups -OCH3 is 1. The van der Waals surface area contributed by atoms with E-state index in [1.807, 2.05) is 42.5 Å². The summed E-state index contributed by atoms with van der Waals surface area (Å²) in [5.41, 5.74) is 1.65. The Morgan fingerprint density at radius 1 is 1.22 bits per heavy atom. The molecule has 0 unspecified atom stereocenters. The Kier molecular flexibility index (Phi) is 5.20. The number of hydrogen-bond donors (Lipinski definition) is 1. The van der Waals surface area contributed by atoms with E-state index in [2.05, 4.69) is 10.2 Å². The van der Waals surface area contributed by atoms with Crippen molar-refractivity contribution < 1.29 is 14.3 Å². The predicted octanol–water partition coefficient (Wildman–Crippen LogP) is 4.65. The Morgan fingerprint density at radius 2 is 2.00 bits per heavy atom. The van der Waals surface area contributed by atoms with Gasteiger partial charge in [0.1, 0.15) is 10.6 Å². The molecule has 7 heteroatoms. The molecule has 0 radical (unpaired) electrons. The first-order valence-electron chi connectivity index (χ1n) is 8.66. The van der Waals surface area contributed by atoms with E-state index >= 15 is 0 Å². The molecule has 27 heavy (non-hydrogen) atoms. The number of benzene rings is 2. The Labute approximate surface area is 166 Å². The van der Waals surface area contributed by atoms with Crippen molar-refractivity contribution in [1.82, 2.24) is 0 Å². The molecule has 0 saturated carbocycles. The van der Waals surface area contributed by atoms with Crippen LogP contribution in [0.1, 0.15) is 9.67 Å². The lowest BCUT2D eigenvalue weighted by atomic mass is 10.2. The number of amides is 1. The number of nitrogens with one attached hydrogen (secondary N) is 1. The average Bonchev–Trinajstić information content (AvgIpc) is 3.05. The first kappa shape index (κ1) is 18.1. The molecule has 2 heterocycles. The van der Waals surface area contributed by atoms with Crippen LogP contribution in [0.4, 0.5) is 11.4 Å². The smallest absolute Gasteiger partial charge is 0.267 e. The summed E-state index contributed by atoms with van der Waals surface area (Å²) >= 11 is 7.86. The molecule has 140 valence electrons. The zero-order chi connectivity index (χ0) is 18.8. The molecule has 1 aliphatic rings. The van der Waals surface area contributed by atoms with Crippen molar-refractivity contribution >= 4 is 50.3 Å². The number of anilines is 2. The van der Waals surface area contributed by atoms with Gasteiger partial charge in [0.2, 0.25) is 0 Å². The Hall–Kier alpha value is -2.28. The van der Waals surface area contributed by atoms with E-state index in [4.69, 9.17) is 21.1 Å². The first-order chi connectivity index (χ1) is 13.2. The van der Waals surface area contributed by atoms with Crippen molar-refractivity contribution in [1.29, 1.82) is 0 Å². The van der Waals surface area contributed by atoms with Crippen LogP contribution < -0.4 is 15.0 Å². The minimum Gasteiger partial charge on any atom is -0.497 e. The normalized spacial score (nSPS) is 14.4. The number of nitrogens with zero attached hydrogens (tertiary/aromatic N) is 1. The number of halogens is 1. The predicted molar refractivity (Wildman–Crippen MR) is 111 cm³/mol. The monoisotopic (exact) mass is 402 g/mol. The summed E-state index contributed by atoms with van der Waals surface area (Å²) in [7, 11) is 1.61. The molecule has 0 aliphatic carbocycles. The summed E-state index contributed by atoms with van der Waals surface area (Å²) in [4.78, 5) is 15.7. The summed E-state index contributed by atoms with van der Waals surface area (Å²) in [5.74, 6) is 0.466. The highest BCUT2D eigenvalue weighted by atomic mass is 35.5. The molecule has 1 N–H and O–H groups in total. The molecule has 3 aromatic rings. The molecule has 4 rings (SSSR count). The number of rotatable bonds is 4. The first-order valence-corrected chi connectivity index (χ1v) is 9.86. The molecular formula is C20H19ClN2O3S. The van der Waals surface area contributed by atoms with Gasteiger partial charge in [-0.25, -0.2) is 0 Å². The molecule has 1 saturated heterocycles. The lowest BCUT2D eigenvalue weighted by molar-refractivity contribution is 0.103. The van der Waals surface area contributed by atoms with Crippen LogP contribution in [0, 0.1) is 0 Å². The highest BCUT2D eigenvalue weighted by Gasteiger charge is 2.21. The highest BCUT2D eigenvalue weighted by Crippen LogP contribution is 2.37. The fourth-order valence-corrected chi connectivity index (χ4v) is 4.57. The Bertz CT molecular complexity index is 983. The maximum atomic E-state index is 13.0. The molecule has 1 fully saturated rings. The number of ether oxygens (including phenoxy) is 2. The fourth-order valence-electron chi connectivity index (χ4n) is 3.16. The minimum atomic E-state index is -0.219. The number of fused-ring (bicyclic) bond motifs is 1. The highest BCUT2D eigenvalue weighted by molar-refractivity contribution is 7.21. The van der Waals surface area contributed by atoms with E-state index in [0.29, 0.717) is 34.6 Å². The summed E-state index contributed by atoms with van der Waals surface area (Å²) in [6, 6.07) is 13.4. The van der Waals surface area contributed by atoms with Crippen LogP contribution in [0.25, 0.3) is 10.1 Å². The van der Waals surface area contributed by atoms with Crippen LogP contribution in [0.15, 0.2) is 42.5 Å². The van der Waals surface area contributed by atoms with Crippen LogP contribution in [0.5, 0.6) is 5.75 Å². The number of morpholine rings is 1. The molecule has 1 aromatic heterocycles. The van der Waals surface area contributed by atoms with Gasteiger partial charge in [-0.05, 0) is 18.2 Å². The lowest BCUT2D eigenvalue weighted by Gasteiger charge is -2.30. The van der Waals surface area contributed by atoms with Gasteiger partial charge in [0, 0.05) is 29.2 Å². The Morgan fingerprint density at radius 3 is 2.74 bits per heavy atom. The van der Waals surface area contributed by atoms with Gasteiger partial charge in [-0.3, -0.25) is 4.79 Å². The molecule has 2 aromatic carbocycles. The number of carbonyl (C=O) groups excluding carboxylic acids is 1. The standard InChI is InChI=1S/C20H19ClN2O3S/c1-25-13-6-7-16(23-8-10-26-11-9-23)15(12-13)22-20(24)19-18(21)14-4-2-3-5-17(14)27-19/h2-7,12H,8-11H2,1H3,(H,22,24). The summed E-state index contributed by atoms with van der Waals surface area (Å²) in [5, 5.41) is 4.41. The van der Waals surface area contributed by atoms with E-state index in [9.17, 15) is 4.79 Å². The van der Waals surface area contributed by atoms with Gasteiger partial charge in [0.15, 0.2) is 0 Å². The molecule has 1 amide bonds. The molecule has 0 spiro atoms. The van der Waals surface area contributed by atoms with Crippen molar-refractivity contribution in [3.8, 4) is 5.75 Å². The van der Waals surface area contributed by atoms with Crippen molar-refractivity contribution in [2.75, 3.05) is 43.6 Å². The van der Waals surface area contributed by atoms with Gasteiger partial charge in [-0.2, -0.15) is 0 Å². The van der Waals surface area contributed by atoms with Crippen molar-refractivity contribution in [2.24, 2.45) is 0 Å². The minimum absolute atomic E-state index is 0.219.